The third-order valence-corrected chi connectivity index (χ3v) is 5.13. The zero-order valence-corrected chi connectivity index (χ0v) is 18.8. The number of hydrogen-bond donors (Lipinski definition) is 3. The molecule has 0 spiro atoms. The van der Waals surface area contributed by atoms with Crippen molar-refractivity contribution >= 4 is 28.9 Å². The van der Waals surface area contributed by atoms with Gasteiger partial charge in [-0.2, -0.15) is 0 Å². The fourth-order valence-electron chi connectivity index (χ4n) is 3.38. The molecule has 0 fully saturated rings. The van der Waals surface area contributed by atoms with Crippen LogP contribution in [0.25, 0.3) is 0 Å². The fourth-order valence-corrected chi connectivity index (χ4v) is 3.65. The Morgan fingerprint density at radius 2 is 1.61 bits per heavy atom. The smallest absolute Gasteiger partial charge is 0.255 e. The Labute approximate surface area is 186 Å². The summed E-state index contributed by atoms with van der Waals surface area (Å²) in [7, 11) is 6.23. The number of benzene rings is 2. The number of rotatable bonds is 7. The normalized spacial score (nSPS) is 15.5. The highest BCUT2D eigenvalue weighted by Crippen LogP contribution is 2.35. The van der Waals surface area contributed by atoms with Crippen molar-refractivity contribution in [2.75, 3.05) is 33.8 Å². The minimum absolute atomic E-state index is 0.314. The highest BCUT2D eigenvalue weighted by Gasteiger charge is 2.31. The summed E-state index contributed by atoms with van der Waals surface area (Å²) >= 11 is 5.33. The van der Waals surface area contributed by atoms with E-state index in [0.717, 1.165) is 5.56 Å². The van der Waals surface area contributed by atoms with Gasteiger partial charge in [0.25, 0.3) is 5.91 Å². The van der Waals surface area contributed by atoms with Crippen LogP contribution in [0, 0.1) is 0 Å². The summed E-state index contributed by atoms with van der Waals surface area (Å²) < 4.78 is 21.4. The van der Waals surface area contributed by atoms with Gasteiger partial charge in [-0.05, 0) is 49.0 Å². The molecule has 1 amide bonds. The average molecular weight is 444 g/mol. The first kappa shape index (κ1) is 22.2. The van der Waals surface area contributed by atoms with E-state index in [4.69, 9.17) is 31.2 Å². The maximum Gasteiger partial charge on any atom is 0.255 e. The molecule has 0 radical (unpaired) electrons. The first-order chi connectivity index (χ1) is 14.9. The summed E-state index contributed by atoms with van der Waals surface area (Å²) in [5, 5.41) is 9.54. The molecule has 0 aliphatic carbocycles. The zero-order chi connectivity index (χ0) is 22.5. The second-order valence-electron chi connectivity index (χ2n) is 6.70. The first-order valence-electron chi connectivity index (χ1n) is 9.45. The SMILES string of the molecule is COc1ccc(OC)c(NC(=O)C2=C(C)NC(=S)N[C@@H]2c2ccc(OC)c(OC)c2)c1. The van der Waals surface area contributed by atoms with Crippen molar-refractivity contribution in [3.8, 4) is 23.0 Å². The van der Waals surface area contributed by atoms with Gasteiger partial charge in [0.05, 0.1) is 45.7 Å². The molecule has 0 aromatic heterocycles. The molecule has 8 nitrogen and oxygen atoms in total. The Hall–Kier alpha value is -3.46. The van der Waals surface area contributed by atoms with Crippen LogP contribution in [-0.4, -0.2) is 39.5 Å². The topological polar surface area (TPSA) is 90.1 Å². The van der Waals surface area contributed by atoms with Crippen LogP contribution in [0.15, 0.2) is 47.7 Å². The van der Waals surface area contributed by atoms with Gasteiger partial charge in [-0.3, -0.25) is 4.79 Å². The van der Waals surface area contributed by atoms with E-state index in [9.17, 15) is 4.79 Å². The van der Waals surface area contributed by atoms with E-state index in [0.29, 0.717) is 45.1 Å². The van der Waals surface area contributed by atoms with Gasteiger partial charge in [-0.1, -0.05) is 6.07 Å². The molecule has 31 heavy (non-hydrogen) atoms. The highest BCUT2D eigenvalue weighted by molar-refractivity contribution is 7.80. The van der Waals surface area contributed by atoms with E-state index in [-0.39, 0.29) is 5.91 Å². The molecular weight excluding hydrogens is 418 g/mol. The van der Waals surface area contributed by atoms with Crippen LogP contribution < -0.4 is 34.9 Å². The maximum absolute atomic E-state index is 13.4. The predicted octanol–water partition coefficient (Wildman–Crippen LogP) is 3.15. The van der Waals surface area contributed by atoms with E-state index in [2.05, 4.69) is 16.0 Å². The lowest BCUT2D eigenvalue weighted by Crippen LogP contribution is -2.45. The predicted molar refractivity (Wildman–Crippen MR) is 122 cm³/mol. The summed E-state index contributed by atoms with van der Waals surface area (Å²) in [5.74, 6) is 1.95. The third-order valence-electron chi connectivity index (χ3n) is 4.91. The third kappa shape index (κ3) is 4.66. The number of methoxy groups -OCH3 is 4. The van der Waals surface area contributed by atoms with Gasteiger partial charge in [-0.15, -0.1) is 0 Å². The molecule has 3 N–H and O–H groups in total. The van der Waals surface area contributed by atoms with Crippen molar-refractivity contribution in [3.63, 3.8) is 0 Å². The quantitative estimate of drug-likeness (QED) is 0.563. The van der Waals surface area contributed by atoms with Crippen molar-refractivity contribution in [2.24, 2.45) is 0 Å². The summed E-state index contributed by atoms with van der Waals surface area (Å²) in [6.45, 7) is 1.80. The molecule has 1 atom stereocenters. The van der Waals surface area contributed by atoms with Crippen LogP contribution in [0.3, 0.4) is 0 Å². The Kier molecular flexibility index (Phi) is 6.86. The lowest BCUT2D eigenvalue weighted by molar-refractivity contribution is -0.113. The number of nitrogens with one attached hydrogen (secondary N) is 3. The number of ether oxygens (including phenoxy) is 4. The van der Waals surface area contributed by atoms with Crippen molar-refractivity contribution < 1.29 is 23.7 Å². The molecule has 164 valence electrons. The van der Waals surface area contributed by atoms with Crippen LogP contribution in [0.5, 0.6) is 23.0 Å². The van der Waals surface area contributed by atoms with Gasteiger partial charge in [0, 0.05) is 11.8 Å². The minimum Gasteiger partial charge on any atom is -0.497 e. The van der Waals surface area contributed by atoms with Crippen molar-refractivity contribution in [2.45, 2.75) is 13.0 Å². The number of hydrogen-bond acceptors (Lipinski definition) is 6. The van der Waals surface area contributed by atoms with Gasteiger partial charge in [0.1, 0.15) is 11.5 Å². The standard InChI is InChI=1S/C22H25N3O5S/c1-12-19(21(26)24-15-11-14(27-2)7-9-16(15)28-3)20(25-22(31)23-12)13-6-8-17(29-4)18(10-13)30-5/h6-11,20H,1-5H3,(H,24,26)(H2,23,25,31)/t20-/m1/s1. The number of thiocarbonyl (C=S) groups is 1. The van der Waals surface area contributed by atoms with E-state index in [1.807, 2.05) is 12.1 Å². The average Bonchev–Trinajstić information content (AvgIpc) is 2.77. The monoisotopic (exact) mass is 443 g/mol. The molecular formula is C22H25N3O5S. The molecule has 2 aromatic rings. The summed E-state index contributed by atoms with van der Waals surface area (Å²) in [6.07, 6.45) is 0. The van der Waals surface area contributed by atoms with Crippen LogP contribution in [0.4, 0.5) is 5.69 Å². The number of allylic oxidation sites excluding steroid dienone is 1. The summed E-state index contributed by atoms with van der Waals surface area (Å²) in [4.78, 5) is 13.4. The number of carbonyl (C=O) groups is 1. The maximum atomic E-state index is 13.4. The Balaban J connectivity index is 2.00. The van der Waals surface area contributed by atoms with E-state index in [1.165, 1.54) is 7.11 Å². The number of anilines is 1. The van der Waals surface area contributed by atoms with E-state index >= 15 is 0 Å². The Morgan fingerprint density at radius 1 is 0.935 bits per heavy atom. The molecule has 3 rings (SSSR count). The minimum atomic E-state index is -0.495. The molecule has 2 aromatic carbocycles. The van der Waals surface area contributed by atoms with Gasteiger partial charge in [0.2, 0.25) is 0 Å². The fraction of sp³-hybridized carbons (Fsp3) is 0.273. The highest BCUT2D eigenvalue weighted by atomic mass is 32.1. The van der Waals surface area contributed by atoms with Gasteiger partial charge in [0.15, 0.2) is 16.6 Å². The molecule has 1 heterocycles. The molecule has 9 heteroatoms. The largest absolute Gasteiger partial charge is 0.497 e. The number of amides is 1. The second-order valence-corrected chi connectivity index (χ2v) is 7.11. The molecule has 0 saturated heterocycles. The van der Waals surface area contributed by atoms with Gasteiger partial charge >= 0.3 is 0 Å². The Bertz CT molecular complexity index is 1040. The van der Waals surface area contributed by atoms with Crippen LogP contribution in [0.2, 0.25) is 0 Å². The van der Waals surface area contributed by atoms with Crippen LogP contribution in [-0.2, 0) is 4.79 Å². The summed E-state index contributed by atoms with van der Waals surface area (Å²) in [6, 6.07) is 10.2. The van der Waals surface area contributed by atoms with E-state index in [1.54, 1.807) is 52.5 Å². The zero-order valence-electron chi connectivity index (χ0n) is 18.0. The summed E-state index contributed by atoms with van der Waals surface area (Å²) in [5.41, 5.74) is 2.41. The Morgan fingerprint density at radius 3 is 2.26 bits per heavy atom. The molecule has 0 saturated carbocycles. The molecule has 0 bridgehead atoms. The first-order valence-corrected chi connectivity index (χ1v) is 9.86. The molecule has 1 aliphatic heterocycles. The second kappa shape index (κ2) is 9.57. The van der Waals surface area contributed by atoms with Gasteiger partial charge in [-0.25, -0.2) is 0 Å². The van der Waals surface area contributed by atoms with Crippen LogP contribution in [0.1, 0.15) is 18.5 Å². The lowest BCUT2D eigenvalue weighted by atomic mass is 9.94. The van der Waals surface area contributed by atoms with E-state index < -0.39 is 6.04 Å². The van der Waals surface area contributed by atoms with Crippen molar-refractivity contribution in [1.29, 1.82) is 0 Å². The van der Waals surface area contributed by atoms with Crippen molar-refractivity contribution in [1.82, 2.24) is 10.6 Å². The van der Waals surface area contributed by atoms with Gasteiger partial charge < -0.3 is 34.9 Å². The lowest BCUT2D eigenvalue weighted by Gasteiger charge is -2.30. The van der Waals surface area contributed by atoms with Crippen molar-refractivity contribution in [3.05, 3.63) is 53.2 Å². The van der Waals surface area contributed by atoms with Crippen LogP contribution >= 0.6 is 12.2 Å². The number of carbonyl (C=O) groups excluding carboxylic acids is 1. The molecule has 0 unspecified atom stereocenters. The molecule has 1 aliphatic rings.